The van der Waals surface area contributed by atoms with Crippen LogP contribution in [0.5, 0.6) is 0 Å². The summed E-state index contributed by atoms with van der Waals surface area (Å²) in [7, 11) is 0. The molecule has 0 saturated carbocycles. The summed E-state index contributed by atoms with van der Waals surface area (Å²) in [4.78, 5) is 41.9. The van der Waals surface area contributed by atoms with Gasteiger partial charge in [-0.3, -0.25) is 14.2 Å². The Balaban J connectivity index is 1.97. The molecule has 0 spiro atoms. The Labute approximate surface area is 167 Å². The molecule has 1 N–H and O–H groups in total. The first-order valence-corrected chi connectivity index (χ1v) is 9.38. The average Bonchev–Trinajstić information content (AvgIpc) is 3.01. The summed E-state index contributed by atoms with van der Waals surface area (Å²) in [6.45, 7) is 8.04. The molecule has 2 aromatic heterocycles. The van der Waals surface area contributed by atoms with Crippen molar-refractivity contribution < 1.29 is 18.7 Å². The van der Waals surface area contributed by atoms with E-state index in [9.17, 15) is 14.4 Å². The van der Waals surface area contributed by atoms with Gasteiger partial charge in [-0.05, 0) is 38.0 Å². The van der Waals surface area contributed by atoms with E-state index in [-0.39, 0.29) is 34.7 Å². The van der Waals surface area contributed by atoms with Crippen molar-refractivity contribution in [3.8, 4) is 0 Å². The molecule has 152 valence electrons. The zero-order valence-corrected chi connectivity index (χ0v) is 16.8. The minimum Gasteiger partial charge on any atom is -0.462 e. The van der Waals surface area contributed by atoms with Crippen LogP contribution in [-0.4, -0.2) is 28.0 Å². The van der Waals surface area contributed by atoms with Crippen LogP contribution in [0.4, 0.5) is 5.69 Å². The van der Waals surface area contributed by atoms with E-state index in [1.807, 2.05) is 13.8 Å². The summed E-state index contributed by atoms with van der Waals surface area (Å²) in [5, 5.41) is 2.86. The maximum atomic E-state index is 12.9. The Bertz CT molecular complexity index is 1130. The standard InChI is InChI=1S/C21H23N3O5/c1-5-28-21(27)14-7-6-8-15(9-14)23-18(25)16-13(4)29-19-17(16)20(26)24(11-22-19)10-12(2)3/h6-9,11-12H,5,10H2,1-4H3,(H,23,25). The van der Waals surface area contributed by atoms with Gasteiger partial charge in [0.1, 0.15) is 17.5 Å². The van der Waals surface area contributed by atoms with Crippen molar-refractivity contribution >= 4 is 28.7 Å². The highest BCUT2D eigenvalue weighted by Gasteiger charge is 2.23. The van der Waals surface area contributed by atoms with Gasteiger partial charge >= 0.3 is 5.97 Å². The van der Waals surface area contributed by atoms with Crippen LogP contribution in [0.2, 0.25) is 0 Å². The number of furan rings is 1. The molecule has 3 aromatic rings. The number of ether oxygens (including phenoxy) is 1. The van der Waals surface area contributed by atoms with Gasteiger partial charge in [-0.1, -0.05) is 19.9 Å². The maximum absolute atomic E-state index is 12.9. The van der Waals surface area contributed by atoms with E-state index in [0.29, 0.717) is 23.6 Å². The number of esters is 1. The third-order valence-corrected chi connectivity index (χ3v) is 4.28. The number of amides is 1. The number of aromatic nitrogens is 2. The molecule has 2 heterocycles. The van der Waals surface area contributed by atoms with E-state index in [1.54, 1.807) is 32.0 Å². The third-order valence-electron chi connectivity index (χ3n) is 4.28. The van der Waals surface area contributed by atoms with Gasteiger partial charge in [0.2, 0.25) is 5.71 Å². The van der Waals surface area contributed by atoms with E-state index in [1.165, 1.54) is 17.0 Å². The van der Waals surface area contributed by atoms with Crippen molar-refractivity contribution in [1.82, 2.24) is 9.55 Å². The fraction of sp³-hybridized carbons (Fsp3) is 0.333. The van der Waals surface area contributed by atoms with Crippen LogP contribution >= 0.6 is 0 Å². The number of anilines is 1. The van der Waals surface area contributed by atoms with Gasteiger partial charge < -0.3 is 14.5 Å². The molecule has 0 unspecified atom stereocenters. The molecular weight excluding hydrogens is 374 g/mol. The van der Waals surface area contributed by atoms with Crippen molar-refractivity contribution in [2.45, 2.75) is 34.2 Å². The molecule has 3 rings (SSSR count). The second-order valence-electron chi connectivity index (χ2n) is 7.06. The molecule has 0 aliphatic carbocycles. The number of aryl methyl sites for hydroxylation is 1. The van der Waals surface area contributed by atoms with Crippen molar-refractivity contribution in [2.24, 2.45) is 5.92 Å². The van der Waals surface area contributed by atoms with Gasteiger partial charge in [0.05, 0.1) is 17.7 Å². The Kier molecular flexibility index (Phi) is 5.81. The first-order valence-electron chi connectivity index (χ1n) is 9.38. The lowest BCUT2D eigenvalue weighted by molar-refractivity contribution is 0.0526. The number of rotatable bonds is 6. The maximum Gasteiger partial charge on any atom is 0.338 e. The molecule has 0 aliphatic heterocycles. The summed E-state index contributed by atoms with van der Waals surface area (Å²) in [5.41, 5.74) is 0.654. The molecule has 29 heavy (non-hydrogen) atoms. The van der Waals surface area contributed by atoms with E-state index in [2.05, 4.69) is 10.3 Å². The molecule has 1 aromatic carbocycles. The zero-order valence-electron chi connectivity index (χ0n) is 16.8. The van der Waals surface area contributed by atoms with Gasteiger partial charge in [0.25, 0.3) is 11.5 Å². The predicted octanol–water partition coefficient (Wildman–Crippen LogP) is 3.38. The molecule has 8 nitrogen and oxygen atoms in total. The van der Waals surface area contributed by atoms with Gasteiger partial charge in [0.15, 0.2) is 0 Å². The van der Waals surface area contributed by atoms with Crippen molar-refractivity contribution in [3.63, 3.8) is 0 Å². The molecule has 0 bridgehead atoms. The van der Waals surface area contributed by atoms with E-state index >= 15 is 0 Å². The summed E-state index contributed by atoms with van der Waals surface area (Å²) >= 11 is 0. The fourth-order valence-corrected chi connectivity index (χ4v) is 3.07. The quantitative estimate of drug-likeness (QED) is 0.640. The lowest BCUT2D eigenvalue weighted by Crippen LogP contribution is -2.24. The number of hydrogen-bond acceptors (Lipinski definition) is 6. The van der Waals surface area contributed by atoms with Crippen molar-refractivity contribution in [1.29, 1.82) is 0 Å². The fourth-order valence-electron chi connectivity index (χ4n) is 3.07. The molecule has 8 heteroatoms. The van der Waals surface area contributed by atoms with Crippen molar-refractivity contribution in [3.05, 3.63) is 57.8 Å². The van der Waals surface area contributed by atoms with Gasteiger partial charge in [-0.2, -0.15) is 0 Å². The lowest BCUT2D eigenvalue weighted by atomic mass is 10.1. The monoisotopic (exact) mass is 397 g/mol. The number of fused-ring (bicyclic) bond motifs is 1. The summed E-state index contributed by atoms with van der Waals surface area (Å²) < 4.78 is 12.0. The summed E-state index contributed by atoms with van der Waals surface area (Å²) in [5.74, 6) is -0.452. The first kappa shape index (κ1) is 20.3. The number of hydrogen-bond donors (Lipinski definition) is 1. The topological polar surface area (TPSA) is 103 Å². The first-order chi connectivity index (χ1) is 13.8. The number of carbonyl (C=O) groups excluding carboxylic acids is 2. The largest absolute Gasteiger partial charge is 0.462 e. The highest BCUT2D eigenvalue weighted by Crippen LogP contribution is 2.23. The molecular formula is C21H23N3O5. The van der Waals surface area contributed by atoms with Crippen LogP contribution in [0.15, 0.2) is 39.8 Å². The minimum absolute atomic E-state index is 0.123. The summed E-state index contributed by atoms with van der Waals surface area (Å²) in [6.07, 6.45) is 1.43. The highest BCUT2D eigenvalue weighted by atomic mass is 16.5. The Morgan fingerprint density at radius 3 is 2.76 bits per heavy atom. The smallest absolute Gasteiger partial charge is 0.338 e. The molecule has 0 radical (unpaired) electrons. The van der Waals surface area contributed by atoms with E-state index < -0.39 is 11.9 Å². The molecule has 0 aliphatic rings. The van der Waals surface area contributed by atoms with Crippen LogP contribution < -0.4 is 10.9 Å². The Hall–Kier alpha value is -3.42. The average molecular weight is 397 g/mol. The number of nitrogens with zero attached hydrogens (tertiary/aromatic N) is 2. The lowest BCUT2D eigenvalue weighted by Gasteiger charge is -2.09. The number of benzene rings is 1. The van der Waals surface area contributed by atoms with Crippen LogP contribution in [0.3, 0.4) is 0 Å². The second kappa shape index (κ2) is 8.30. The molecule has 0 atom stereocenters. The Morgan fingerprint density at radius 1 is 1.31 bits per heavy atom. The van der Waals surface area contributed by atoms with Gasteiger partial charge in [-0.15, -0.1) is 0 Å². The predicted molar refractivity (Wildman–Crippen MR) is 108 cm³/mol. The van der Waals surface area contributed by atoms with E-state index in [4.69, 9.17) is 9.15 Å². The summed E-state index contributed by atoms with van der Waals surface area (Å²) in [6, 6.07) is 6.40. The van der Waals surface area contributed by atoms with Crippen molar-refractivity contribution in [2.75, 3.05) is 11.9 Å². The SMILES string of the molecule is CCOC(=O)c1cccc(NC(=O)c2c(C)oc3ncn(CC(C)C)c(=O)c23)c1. The van der Waals surface area contributed by atoms with Crippen LogP contribution in [-0.2, 0) is 11.3 Å². The van der Waals surface area contributed by atoms with Crippen LogP contribution in [0.1, 0.15) is 47.2 Å². The normalized spacial score (nSPS) is 11.1. The zero-order chi connectivity index (χ0) is 21.1. The minimum atomic E-state index is -0.511. The Morgan fingerprint density at radius 2 is 2.07 bits per heavy atom. The number of carbonyl (C=O) groups is 2. The molecule has 0 saturated heterocycles. The third kappa shape index (κ3) is 4.21. The highest BCUT2D eigenvalue weighted by molar-refractivity contribution is 6.12. The van der Waals surface area contributed by atoms with Gasteiger partial charge in [-0.25, -0.2) is 9.78 Å². The second-order valence-corrected chi connectivity index (χ2v) is 7.06. The van der Waals surface area contributed by atoms with Crippen LogP contribution in [0.25, 0.3) is 11.1 Å². The number of nitrogens with one attached hydrogen (secondary N) is 1. The van der Waals surface area contributed by atoms with Crippen LogP contribution in [0, 0.1) is 12.8 Å². The molecule has 0 fully saturated rings. The van der Waals surface area contributed by atoms with E-state index in [0.717, 1.165) is 0 Å². The molecule has 1 amide bonds. The van der Waals surface area contributed by atoms with Gasteiger partial charge in [0, 0.05) is 12.2 Å².